The van der Waals surface area contributed by atoms with Gasteiger partial charge in [-0.25, -0.2) is 0 Å². The third-order valence-corrected chi connectivity index (χ3v) is 4.05. The average molecular weight is 270 g/mol. The number of amides is 2. The molecule has 4 heteroatoms. The van der Waals surface area contributed by atoms with Gasteiger partial charge in [0, 0.05) is 25.2 Å². The zero-order valence-corrected chi connectivity index (χ0v) is 11.6. The molecule has 1 aromatic carbocycles. The molecule has 3 rings (SSSR count). The Morgan fingerprint density at radius 3 is 2.90 bits per heavy atom. The van der Waals surface area contributed by atoms with Crippen LogP contribution in [0.15, 0.2) is 35.9 Å². The van der Waals surface area contributed by atoms with E-state index in [0.717, 1.165) is 24.2 Å². The van der Waals surface area contributed by atoms with E-state index in [4.69, 9.17) is 0 Å². The van der Waals surface area contributed by atoms with Crippen LogP contribution in [0.1, 0.15) is 31.2 Å². The van der Waals surface area contributed by atoms with Crippen molar-refractivity contribution < 1.29 is 9.59 Å². The maximum Gasteiger partial charge on any atom is 0.231 e. The van der Waals surface area contributed by atoms with Gasteiger partial charge in [-0.05, 0) is 25.0 Å². The first-order chi connectivity index (χ1) is 9.65. The van der Waals surface area contributed by atoms with Crippen molar-refractivity contribution in [2.24, 2.45) is 0 Å². The molecule has 0 unspecified atom stereocenters. The van der Waals surface area contributed by atoms with Crippen LogP contribution in [0.25, 0.3) is 0 Å². The van der Waals surface area contributed by atoms with Crippen molar-refractivity contribution in [1.82, 2.24) is 4.90 Å². The Kier molecular flexibility index (Phi) is 3.30. The standard InChI is InChI=1S/C16H18N2O2/c1-11-6-8-18(9-7-11)16(20)13-10-15(19)17-14-5-3-2-4-12(13)14/h2-6,13H,7-10H2,1H3,(H,17,19)/t13-/m0/s1. The zero-order valence-electron chi connectivity index (χ0n) is 11.6. The molecule has 0 fully saturated rings. The van der Waals surface area contributed by atoms with E-state index in [0.29, 0.717) is 6.54 Å². The molecular formula is C16H18N2O2. The van der Waals surface area contributed by atoms with E-state index in [1.807, 2.05) is 29.2 Å². The number of nitrogens with zero attached hydrogens (tertiary/aromatic N) is 1. The Hall–Kier alpha value is -2.10. The molecule has 0 saturated carbocycles. The number of nitrogens with one attached hydrogen (secondary N) is 1. The minimum Gasteiger partial charge on any atom is -0.338 e. The van der Waals surface area contributed by atoms with Gasteiger partial charge in [-0.15, -0.1) is 0 Å². The molecule has 0 radical (unpaired) electrons. The Morgan fingerprint density at radius 1 is 1.35 bits per heavy atom. The number of anilines is 1. The molecule has 0 bridgehead atoms. The fourth-order valence-corrected chi connectivity index (χ4v) is 2.82. The summed E-state index contributed by atoms with van der Waals surface area (Å²) < 4.78 is 0. The van der Waals surface area contributed by atoms with E-state index in [9.17, 15) is 9.59 Å². The molecular weight excluding hydrogens is 252 g/mol. The number of rotatable bonds is 1. The van der Waals surface area contributed by atoms with Crippen molar-refractivity contribution in [3.8, 4) is 0 Å². The number of hydrogen-bond acceptors (Lipinski definition) is 2. The highest BCUT2D eigenvalue weighted by Gasteiger charge is 2.33. The maximum absolute atomic E-state index is 12.7. The summed E-state index contributed by atoms with van der Waals surface area (Å²) in [4.78, 5) is 26.3. The van der Waals surface area contributed by atoms with Gasteiger partial charge < -0.3 is 10.2 Å². The first-order valence-electron chi connectivity index (χ1n) is 6.98. The number of carbonyl (C=O) groups excluding carboxylic acids is 2. The molecule has 20 heavy (non-hydrogen) atoms. The lowest BCUT2D eigenvalue weighted by Crippen LogP contribution is -2.40. The third-order valence-electron chi connectivity index (χ3n) is 4.05. The molecule has 0 saturated heterocycles. The average Bonchev–Trinajstić information content (AvgIpc) is 2.46. The molecule has 2 aliphatic rings. The summed E-state index contributed by atoms with van der Waals surface area (Å²) in [5.74, 6) is -0.353. The van der Waals surface area contributed by atoms with Crippen molar-refractivity contribution in [3.63, 3.8) is 0 Å². The topological polar surface area (TPSA) is 49.4 Å². The summed E-state index contributed by atoms with van der Waals surface area (Å²) in [6, 6.07) is 7.57. The van der Waals surface area contributed by atoms with E-state index in [1.165, 1.54) is 5.57 Å². The first-order valence-corrected chi connectivity index (χ1v) is 6.98. The number of hydrogen-bond donors (Lipinski definition) is 1. The fraction of sp³-hybridized carbons (Fsp3) is 0.375. The van der Waals surface area contributed by atoms with Crippen LogP contribution in [0.2, 0.25) is 0 Å². The number of benzene rings is 1. The van der Waals surface area contributed by atoms with Gasteiger partial charge in [0.15, 0.2) is 0 Å². The van der Waals surface area contributed by atoms with Crippen molar-refractivity contribution in [1.29, 1.82) is 0 Å². The van der Waals surface area contributed by atoms with Crippen molar-refractivity contribution >= 4 is 17.5 Å². The molecule has 104 valence electrons. The van der Waals surface area contributed by atoms with Crippen LogP contribution in [-0.4, -0.2) is 29.8 Å². The van der Waals surface area contributed by atoms with E-state index in [2.05, 4.69) is 18.3 Å². The highest BCUT2D eigenvalue weighted by atomic mass is 16.2. The van der Waals surface area contributed by atoms with Crippen molar-refractivity contribution in [2.45, 2.75) is 25.7 Å². The predicted molar refractivity (Wildman–Crippen MR) is 77.4 cm³/mol. The third kappa shape index (κ3) is 2.33. The molecule has 0 aliphatic carbocycles. The monoisotopic (exact) mass is 270 g/mol. The van der Waals surface area contributed by atoms with Crippen LogP contribution < -0.4 is 5.32 Å². The highest BCUT2D eigenvalue weighted by Crippen LogP contribution is 2.33. The minimum absolute atomic E-state index is 0.0658. The summed E-state index contributed by atoms with van der Waals surface area (Å²) in [5, 5.41) is 2.83. The van der Waals surface area contributed by atoms with Crippen LogP contribution in [-0.2, 0) is 9.59 Å². The first kappa shape index (κ1) is 12.9. The predicted octanol–water partition coefficient (Wildman–Crippen LogP) is 2.29. The number of para-hydroxylation sites is 1. The lowest BCUT2D eigenvalue weighted by Gasteiger charge is -2.32. The fourth-order valence-electron chi connectivity index (χ4n) is 2.82. The number of carbonyl (C=O) groups is 2. The van der Waals surface area contributed by atoms with Gasteiger partial charge in [0.05, 0.1) is 5.92 Å². The van der Waals surface area contributed by atoms with Crippen LogP contribution in [0.5, 0.6) is 0 Å². The van der Waals surface area contributed by atoms with E-state index in [1.54, 1.807) is 0 Å². The summed E-state index contributed by atoms with van der Waals surface area (Å²) in [6.45, 7) is 3.50. The van der Waals surface area contributed by atoms with Crippen molar-refractivity contribution in [2.75, 3.05) is 18.4 Å². The lowest BCUT2D eigenvalue weighted by molar-refractivity contribution is -0.134. The summed E-state index contributed by atoms with van der Waals surface area (Å²) in [5.41, 5.74) is 3.03. The molecule has 4 nitrogen and oxygen atoms in total. The van der Waals surface area contributed by atoms with Crippen molar-refractivity contribution in [3.05, 3.63) is 41.5 Å². The summed E-state index contributed by atoms with van der Waals surface area (Å²) in [7, 11) is 0. The summed E-state index contributed by atoms with van der Waals surface area (Å²) in [6.07, 6.45) is 3.26. The Labute approximate surface area is 118 Å². The van der Waals surface area contributed by atoms with Gasteiger partial charge in [0.2, 0.25) is 11.8 Å². The van der Waals surface area contributed by atoms with Crippen LogP contribution >= 0.6 is 0 Å². The quantitative estimate of drug-likeness (QED) is 0.796. The minimum atomic E-state index is -0.341. The highest BCUT2D eigenvalue weighted by molar-refractivity contribution is 6.01. The van der Waals surface area contributed by atoms with Gasteiger partial charge in [-0.1, -0.05) is 29.8 Å². The Balaban J connectivity index is 1.87. The molecule has 1 aromatic rings. The maximum atomic E-state index is 12.7. The molecule has 1 N–H and O–H groups in total. The molecule has 0 spiro atoms. The second-order valence-electron chi connectivity index (χ2n) is 5.48. The molecule has 2 heterocycles. The van der Waals surface area contributed by atoms with Gasteiger partial charge in [-0.3, -0.25) is 9.59 Å². The molecule has 2 amide bonds. The second-order valence-corrected chi connectivity index (χ2v) is 5.48. The largest absolute Gasteiger partial charge is 0.338 e. The zero-order chi connectivity index (χ0) is 14.1. The van der Waals surface area contributed by atoms with Gasteiger partial charge in [-0.2, -0.15) is 0 Å². The molecule has 0 aromatic heterocycles. The van der Waals surface area contributed by atoms with E-state index >= 15 is 0 Å². The Bertz CT molecular complexity index is 592. The second kappa shape index (κ2) is 5.12. The van der Waals surface area contributed by atoms with Gasteiger partial charge in [0.25, 0.3) is 0 Å². The van der Waals surface area contributed by atoms with Gasteiger partial charge >= 0.3 is 0 Å². The molecule has 2 aliphatic heterocycles. The lowest BCUT2D eigenvalue weighted by atomic mass is 9.89. The summed E-state index contributed by atoms with van der Waals surface area (Å²) >= 11 is 0. The van der Waals surface area contributed by atoms with E-state index in [-0.39, 0.29) is 24.2 Å². The SMILES string of the molecule is CC1=CCN(C(=O)[C@H]2CC(=O)Nc3ccccc32)CC1. The van der Waals surface area contributed by atoms with Crippen LogP contribution in [0.4, 0.5) is 5.69 Å². The molecule has 1 atom stereocenters. The van der Waals surface area contributed by atoms with E-state index < -0.39 is 0 Å². The Morgan fingerprint density at radius 2 is 2.15 bits per heavy atom. The smallest absolute Gasteiger partial charge is 0.231 e. The van der Waals surface area contributed by atoms with Crippen LogP contribution in [0, 0.1) is 0 Å². The normalized spacial score (nSPS) is 21.9. The number of fused-ring (bicyclic) bond motifs is 1. The van der Waals surface area contributed by atoms with Gasteiger partial charge in [0.1, 0.15) is 0 Å². The van der Waals surface area contributed by atoms with Crippen LogP contribution in [0.3, 0.4) is 0 Å².